The van der Waals surface area contributed by atoms with Crippen LogP contribution in [0.25, 0.3) is 0 Å². The van der Waals surface area contributed by atoms with E-state index in [1.165, 1.54) is 186 Å². The number of hydrogen-bond donors (Lipinski definition) is 6. The van der Waals surface area contributed by atoms with Crippen LogP contribution in [0, 0.1) is 0 Å². The van der Waals surface area contributed by atoms with Gasteiger partial charge in [-0.3, -0.25) is 9.59 Å². The van der Waals surface area contributed by atoms with Gasteiger partial charge in [0.05, 0.1) is 25.4 Å². The predicted octanol–water partition coefficient (Wildman–Crippen LogP) is 15.1. The lowest BCUT2D eigenvalue weighted by atomic mass is 9.99. The molecule has 11 heteroatoms. The minimum atomic E-state index is -1.61. The summed E-state index contributed by atoms with van der Waals surface area (Å²) >= 11 is 0. The van der Waals surface area contributed by atoms with Crippen molar-refractivity contribution in [2.45, 2.75) is 346 Å². The number of carbonyl (C=O) groups is 2. The van der Waals surface area contributed by atoms with Crippen molar-refractivity contribution in [1.82, 2.24) is 5.32 Å². The average Bonchev–Trinajstić information content (AvgIpc) is 3.41. The molecule has 0 aliphatic carbocycles. The number of amides is 1. The van der Waals surface area contributed by atoms with Crippen molar-refractivity contribution < 1.29 is 49.3 Å². The molecule has 1 amide bonds. The molecule has 1 fully saturated rings. The van der Waals surface area contributed by atoms with Crippen molar-refractivity contribution in [3.8, 4) is 0 Å². The van der Waals surface area contributed by atoms with Crippen LogP contribution in [0.2, 0.25) is 0 Å². The van der Waals surface area contributed by atoms with Gasteiger partial charge >= 0.3 is 5.97 Å². The van der Waals surface area contributed by atoms with Crippen molar-refractivity contribution >= 4 is 11.9 Å². The lowest BCUT2D eigenvalue weighted by Gasteiger charge is -2.41. The van der Waals surface area contributed by atoms with E-state index in [9.17, 15) is 35.1 Å². The second kappa shape index (κ2) is 52.6. The van der Waals surface area contributed by atoms with E-state index in [-0.39, 0.29) is 13.0 Å². The van der Waals surface area contributed by atoms with Crippen molar-refractivity contribution in [1.29, 1.82) is 0 Å². The largest absolute Gasteiger partial charge is 0.454 e. The van der Waals surface area contributed by atoms with Crippen molar-refractivity contribution in [3.63, 3.8) is 0 Å². The molecule has 8 atom stereocenters. The zero-order valence-electron chi connectivity index (χ0n) is 48.7. The van der Waals surface area contributed by atoms with Gasteiger partial charge in [0, 0.05) is 6.42 Å². The Morgan fingerprint density at radius 1 is 0.520 bits per heavy atom. The number of esters is 1. The van der Waals surface area contributed by atoms with Gasteiger partial charge in [-0.15, -0.1) is 0 Å². The highest BCUT2D eigenvalue weighted by Gasteiger charge is 2.47. The van der Waals surface area contributed by atoms with Crippen molar-refractivity contribution in [2.24, 2.45) is 0 Å². The maximum Gasteiger partial charge on any atom is 0.306 e. The quantitative estimate of drug-likeness (QED) is 0.0195. The predicted molar refractivity (Wildman–Crippen MR) is 311 cm³/mol. The molecular weight excluding hydrogens is 943 g/mol. The number of unbranched alkanes of at least 4 members (excludes halogenated alkanes) is 36. The van der Waals surface area contributed by atoms with E-state index < -0.39 is 67.4 Å². The molecule has 1 aliphatic heterocycles. The average molecular weight is 1060 g/mol. The van der Waals surface area contributed by atoms with E-state index in [1.54, 1.807) is 6.08 Å². The summed E-state index contributed by atoms with van der Waals surface area (Å²) in [6.45, 7) is 5.77. The summed E-state index contributed by atoms with van der Waals surface area (Å²) < 4.78 is 17.6. The van der Waals surface area contributed by atoms with Crippen LogP contribution >= 0.6 is 0 Å². The first kappa shape index (κ1) is 70.9. The third-order valence-corrected chi connectivity index (χ3v) is 15.0. The fourth-order valence-corrected chi connectivity index (χ4v) is 9.98. The van der Waals surface area contributed by atoms with Crippen LogP contribution in [0.5, 0.6) is 0 Å². The second-order valence-electron chi connectivity index (χ2n) is 22.1. The summed E-state index contributed by atoms with van der Waals surface area (Å²) in [5, 5.41) is 56.9. The number of ether oxygens (including phenoxy) is 3. The molecule has 440 valence electrons. The van der Waals surface area contributed by atoms with Crippen LogP contribution in [-0.4, -0.2) is 99.6 Å². The first-order valence-corrected chi connectivity index (χ1v) is 31.8. The zero-order valence-corrected chi connectivity index (χ0v) is 48.7. The zero-order chi connectivity index (χ0) is 54.7. The second-order valence-corrected chi connectivity index (χ2v) is 22.1. The number of aliphatic hydroxyl groups is 5. The number of allylic oxidation sites excluding steroid dienone is 5. The van der Waals surface area contributed by atoms with Gasteiger partial charge in [-0.1, -0.05) is 269 Å². The highest BCUT2D eigenvalue weighted by molar-refractivity contribution is 5.80. The lowest BCUT2D eigenvalue weighted by Crippen LogP contribution is -2.61. The highest BCUT2D eigenvalue weighted by atomic mass is 16.7. The van der Waals surface area contributed by atoms with Crippen LogP contribution < -0.4 is 5.32 Å². The molecule has 0 spiro atoms. The van der Waals surface area contributed by atoms with E-state index in [2.05, 4.69) is 50.4 Å². The Hall–Kier alpha value is -2.12. The molecule has 0 bridgehead atoms. The first-order chi connectivity index (χ1) is 36.7. The van der Waals surface area contributed by atoms with E-state index in [0.29, 0.717) is 19.3 Å². The van der Waals surface area contributed by atoms with Gasteiger partial charge in [-0.05, 0) is 57.8 Å². The van der Waals surface area contributed by atoms with Crippen molar-refractivity contribution in [2.75, 3.05) is 13.2 Å². The number of hydrogen-bond acceptors (Lipinski definition) is 10. The Bertz CT molecular complexity index is 1360. The van der Waals surface area contributed by atoms with Crippen LogP contribution in [-0.2, 0) is 23.8 Å². The molecule has 0 aromatic rings. The van der Waals surface area contributed by atoms with Gasteiger partial charge in [0.15, 0.2) is 12.4 Å². The number of aliphatic hydroxyl groups excluding tert-OH is 5. The Labute approximate surface area is 460 Å². The smallest absolute Gasteiger partial charge is 0.306 e. The molecule has 1 aliphatic rings. The van der Waals surface area contributed by atoms with Gasteiger partial charge in [0.1, 0.15) is 24.4 Å². The lowest BCUT2D eigenvalue weighted by molar-refractivity contribution is -0.305. The minimum Gasteiger partial charge on any atom is -0.454 e. The van der Waals surface area contributed by atoms with Crippen LogP contribution in [0.3, 0.4) is 0 Å². The third-order valence-electron chi connectivity index (χ3n) is 15.0. The Morgan fingerprint density at radius 3 is 1.39 bits per heavy atom. The Morgan fingerprint density at radius 2 is 0.920 bits per heavy atom. The molecule has 1 heterocycles. The standard InChI is InChI=1S/C64H119NO10/c1-4-7-10-13-16-19-22-24-25-26-27-28-29-30-31-32-34-36-39-42-45-48-51-57(68)63(72)65-55(56(67)50-47-44-41-38-35-21-18-15-12-9-6-3)54-73-64-62(61(71)60(70)58(53-66)74-64)75-59(69)52-49-46-43-40-37-33-23-20-17-14-11-8-5-2/h16,19,24-25,47,50,55-58,60-62,64,66-68,70-71H,4-15,17-18,20-23,26-46,48-49,51-54H2,1-3H3,(H,65,72)/b19-16-,25-24-,50-47+. The van der Waals surface area contributed by atoms with Crippen LogP contribution in [0.4, 0.5) is 0 Å². The van der Waals surface area contributed by atoms with Crippen LogP contribution in [0.15, 0.2) is 36.5 Å². The number of carbonyl (C=O) groups excluding carboxylic acids is 2. The normalized spacial score (nSPS) is 19.4. The summed E-state index contributed by atoms with van der Waals surface area (Å²) in [5.41, 5.74) is 0. The fourth-order valence-electron chi connectivity index (χ4n) is 9.98. The third kappa shape index (κ3) is 40.7. The molecular formula is C64H119NO10. The molecule has 0 saturated carbocycles. The Balaban J connectivity index is 2.61. The van der Waals surface area contributed by atoms with E-state index in [1.807, 2.05) is 6.08 Å². The van der Waals surface area contributed by atoms with E-state index in [4.69, 9.17) is 14.2 Å². The van der Waals surface area contributed by atoms with Gasteiger partial charge < -0.3 is 45.1 Å². The molecule has 1 saturated heterocycles. The van der Waals surface area contributed by atoms with Gasteiger partial charge in [0.25, 0.3) is 0 Å². The fraction of sp³-hybridized carbons (Fsp3) is 0.875. The monoisotopic (exact) mass is 1060 g/mol. The SMILES string of the molecule is CCCCC/C=C\C/C=C\CCCCCCCCCCCCCCC(O)C(=O)NC(COC1OC(CO)C(O)C(O)C1OC(=O)CCCCCCCCCCCCCCC)C(O)/C=C/CCCCCCCCCCC. The summed E-state index contributed by atoms with van der Waals surface area (Å²) in [5.74, 6) is -1.18. The molecule has 11 nitrogen and oxygen atoms in total. The maximum atomic E-state index is 13.4. The summed E-state index contributed by atoms with van der Waals surface area (Å²) in [4.78, 5) is 26.5. The molecule has 0 aromatic carbocycles. The summed E-state index contributed by atoms with van der Waals surface area (Å²) in [6, 6.07) is -1.02. The number of nitrogens with one attached hydrogen (secondary N) is 1. The maximum absolute atomic E-state index is 13.4. The minimum absolute atomic E-state index is 0.128. The molecule has 0 radical (unpaired) electrons. The van der Waals surface area contributed by atoms with E-state index in [0.717, 1.165) is 64.2 Å². The highest BCUT2D eigenvalue weighted by Crippen LogP contribution is 2.26. The van der Waals surface area contributed by atoms with Crippen LogP contribution in [0.1, 0.15) is 297 Å². The van der Waals surface area contributed by atoms with Gasteiger partial charge in [0.2, 0.25) is 5.91 Å². The molecule has 75 heavy (non-hydrogen) atoms. The Kier molecular flexibility index (Phi) is 49.7. The van der Waals surface area contributed by atoms with Gasteiger partial charge in [-0.25, -0.2) is 0 Å². The van der Waals surface area contributed by atoms with E-state index >= 15 is 0 Å². The summed E-state index contributed by atoms with van der Waals surface area (Å²) in [6.07, 6.45) is 51.9. The number of rotatable bonds is 54. The summed E-state index contributed by atoms with van der Waals surface area (Å²) in [7, 11) is 0. The van der Waals surface area contributed by atoms with Gasteiger partial charge in [-0.2, -0.15) is 0 Å². The molecule has 8 unspecified atom stereocenters. The molecule has 0 aromatic heterocycles. The van der Waals surface area contributed by atoms with Crippen molar-refractivity contribution in [3.05, 3.63) is 36.5 Å². The first-order valence-electron chi connectivity index (χ1n) is 31.8. The molecule has 6 N–H and O–H groups in total. The molecule has 1 rings (SSSR count). The topological polar surface area (TPSA) is 175 Å².